The first-order chi connectivity index (χ1) is 12.5. The molecule has 0 bridgehead atoms. The Morgan fingerprint density at radius 2 is 1.92 bits per heavy atom. The van der Waals surface area contributed by atoms with Crippen molar-refractivity contribution in [2.24, 2.45) is 5.92 Å². The normalized spacial score (nSPS) is 22.3. The van der Waals surface area contributed by atoms with E-state index in [1.165, 1.54) is 7.11 Å². The number of methoxy groups -OCH3 is 1. The second-order valence-corrected chi connectivity index (χ2v) is 5.95. The van der Waals surface area contributed by atoms with Crippen LogP contribution in [-0.4, -0.2) is 48.8 Å². The maximum Gasteiger partial charge on any atom is 0.370 e. The zero-order valence-electron chi connectivity index (χ0n) is 14.9. The molecule has 26 heavy (non-hydrogen) atoms. The van der Waals surface area contributed by atoms with Crippen molar-refractivity contribution in [3.8, 4) is 0 Å². The van der Waals surface area contributed by atoms with Crippen molar-refractivity contribution in [2.45, 2.75) is 32.0 Å². The number of carboxylic acids is 1. The highest BCUT2D eigenvalue weighted by molar-refractivity contribution is 5.89. The van der Waals surface area contributed by atoms with E-state index >= 15 is 0 Å². The largest absolute Gasteiger partial charge is 0.475 e. The van der Waals surface area contributed by atoms with Crippen molar-refractivity contribution in [3.05, 3.63) is 47.2 Å². The Balaban J connectivity index is 2.38. The van der Waals surface area contributed by atoms with E-state index in [0.29, 0.717) is 25.0 Å². The van der Waals surface area contributed by atoms with Gasteiger partial charge < -0.3 is 24.4 Å². The number of aliphatic hydroxyl groups is 1. The van der Waals surface area contributed by atoms with Gasteiger partial charge in [0.2, 0.25) is 12.0 Å². The molecule has 2 rings (SSSR count). The Morgan fingerprint density at radius 1 is 1.23 bits per heavy atom. The third kappa shape index (κ3) is 4.62. The second-order valence-electron chi connectivity index (χ2n) is 5.95. The van der Waals surface area contributed by atoms with Crippen LogP contribution in [0.1, 0.15) is 41.6 Å². The highest BCUT2D eigenvalue weighted by Crippen LogP contribution is 2.39. The van der Waals surface area contributed by atoms with Gasteiger partial charge in [-0.1, -0.05) is 12.1 Å². The third-order valence-electron chi connectivity index (χ3n) is 4.34. The van der Waals surface area contributed by atoms with E-state index < -0.39 is 18.2 Å². The Labute approximate surface area is 152 Å². The molecule has 0 radical (unpaired) electrons. The monoisotopic (exact) mass is 364 g/mol. The molecule has 0 aromatic heterocycles. The van der Waals surface area contributed by atoms with Gasteiger partial charge in [-0.3, -0.25) is 0 Å². The molecule has 0 fully saturated rings. The Hall–Kier alpha value is -2.38. The number of allylic oxidation sites excluding steroid dienone is 1. The molecule has 0 unspecified atom stereocenters. The molecule has 1 heterocycles. The minimum atomic E-state index is -1.16. The number of rotatable bonds is 8. The molecule has 1 aliphatic heterocycles. The summed E-state index contributed by atoms with van der Waals surface area (Å²) in [5, 5.41) is 18.5. The maximum absolute atomic E-state index is 11.6. The lowest BCUT2D eigenvalue weighted by Crippen LogP contribution is -2.36. The summed E-state index contributed by atoms with van der Waals surface area (Å²) in [6, 6.07) is 6.83. The first-order valence-corrected chi connectivity index (χ1v) is 8.54. The van der Waals surface area contributed by atoms with E-state index in [-0.39, 0.29) is 24.2 Å². The van der Waals surface area contributed by atoms with Crippen LogP contribution in [0, 0.1) is 5.92 Å². The number of benzene rings is 1. The van der Waals surface area contributed by atoms with Crippen LogP contribution >= 0.6 is 0 Å². The Bertz CT molecular complexity index is 650. The van der Waals surface area contributed by atoms with E-state index in [1.54, 1.807) is 30.3 Å². The summed E-state index contributed by atoms with van der Waals surface area (Å²) in [4.78, 5) is 23.0. The first kappa shape index (κ1) is 19.9. The quantitative estimate of drug-likeness (QED) is 0.682. The fourth-order valence-corrected chi connectivity index (χ4v) is 3.10. The fourth-order valence-electron chi connectivity index (χ4n) is 3.10. The topological polar surface area (TPSA) is 102 Å². The SMILES string of the molecule is CCO[C@H]1OC(C(=O)O)=C[C@@H](c2ccc(C(=O)OC)cc2)[C@@H]1CCCO. The van der Waals surface area contributed by atoms with Crippen LogP contribution in [-0.2, 0) is 19.0 Å². The number of hydrogen-bond acceptors (Lipinski definition) is 6. The molecular weight excluding hydrogens is 340 g/mol. The molecule has 2 N–H and O–H groups in total. The van der Waals surface area contributed by atoms with Gasteiger partial charge in [0.15, 0.2) is 0 Å². The van der Waals surface area contributed by atoms with Gasteiger partial charge in [-0.05, 0) is 43.5 Å². The second kappa shape index (κ2) is 9.35. The molecule has 1 aliphatic rings. The molecule has 0 saturated heterocycles. The molecule has 0 aliphatic carbocycles. The number of aliphatic carboxylic acids is 1. The minimum absolute atomic E-state index is 0.0266. The van der Waals surface area contributed by atoms with Crippen LogP contribution in [0.3, 0.4) is 0 Å². The minimum Gasteiger partial charge on any atom is -0.475 e. The Kier molecular flexibility index (Phi) is 7.17. The van der Waals surface area contributed by atoms with Crippen LogP contribution in [0.15, 0.2) is 36.1 Å². The van der Waals surface area contributed by atoms with Crippen molar-refractivity contribution in [1.29, 1.82) is 0 Å². The smallest absolute Gasteiger partial charge is 0.370 e. The van der Waals surface area contributed by atoms with Gasteiger partial charge >= 0.3 is 11.9 Å². The molecule has 0 saturated carbocycles. The molecule has 7 nitrogen and oxygen atoms in total. The van der Waals surface area contributed by atoms with Crippen LogP contribution < -0.4 is 0 Å². The van der Waals surface area contributed by atoms with Crippen molar-refractivity contribution in [2.75, 3.05) is 20.3 Å². The summed E-state index contributed by atoms with van der Waals surface area (Å²) in [6.07, 6.45) is 2.00. The number of aliphatic hydroxyl groups excluding tert-OH is 1. The molecule has 1 aromatic rings. The maximum atomic E-state index is 11.6. The standard InChI is InChI=1S/C19H24O7/c1-3-25-19-14(5-4-10-20)15(11-16(26-19)17(21)22)12-6-8-13(9-7-12)18(23)24-2/h6-9,11,14-15,19-20H,3-5,10H2,1-2H3,(H,21,22)/t14-,15-,19-/m0/s1. The van der Waals surface area contributed by atoms with Crippen molar-refractivity contribution in [3.63, 3.8) is 0 Å². The van der Waals surface area contributed by atoms with Crippen molar-refractivity contribution in [1.82, 2.24) is 0 Å². The van der Waals surface area contributed by atoms with Crippen LogP contribution in [0.4, 0.5) is 0 Å². The number of carboxylic acid groups (broad SMARTS) is 1. The van der Waals surface area contributed by atoms with Crippen LogP contribution in [0.25, 0.3) is 0 Å². The average molecular weight is 364 g/mol. The van der Waals surface area contributed by atoms with Crippen LogP contribution in [0.2, 0.25) is 0 Å². The molecule has 142 valence electrons. The predicted octanol–water partition coefficient (Wildman–Crippen LogP) is 2.31. The molecule has 3 atom stereocenters. The van der Waals surface area contributed by atoms with Gasteiger partial charge in [-0.15, -0.1) is 0 Å². The van der Waals surface area contributed by atoms with Gasteiger partial charge in [0, 0.05) is 25.0 Å². The summed E-state index contributed by atoms with van der Waals surface area (Å²) >= 11 is 0. The molecule has 7 heteroatoms. The van der Waals surface area contributed by atoms with Crippen LogP contribution in [0.5, 0.6) is 0 Å². The summed E-state index contributed by atoms with van der Waals surface area (Å²) in [5.41, 5.74) is 1.26. The lowest BCUT2D eigenvalue weighted by molar-refractivity contribution is -0.173. The van der Waals surface area contributed by atoms with E-state index in [1.807, 2.05) is 6.92 Å². The fraction of sp³-hybridized carbons (Fsp3) is 0.474. The zero-order chi connectivity index (χ0) is 19.1. The number of carbonyl (C=O) groups is 2. The van der Waals surface area contributed by atoms with Gasteiger partial charge in [0.1, 0.15) is 0 Å². The molecular formula is C19H24O7. The molecule has 0 spiro atoms. The van der Waals surface area contributed by atoms with E-state index in [4.69, 9.17) is 14.2 Å². The number of hydrogen-bond donors (Lipinski definition) is 2. The van der Waals surface area contributed by atoms with Crippen molar-refractivity contribution < 1.29 is 34.0 Å². The van der Waals surface area contributed by atoms with E-state index in [0.717, 1.165) is 5.56 Å². The Morgan fingerprint density at radius 3 is 2.46 bits per heavy atom. The summed E-state index contributed by atoms with van der Waals surface area (Å²) < 4.78 is 15.8. The summed E-state index contributed by atoms with van der Waals surface area (Å²) in [6.45, 7) is 2.21. The summed E-state index contributed by atoms with van der Waals surface area (Å²) in [5.74, 6) is -2.19. The zero-order valence-corrected chi connectivity index (χ0v) is 14.9. The third-order valence-corrected chi connectivity index (χ3v) is 4.34. The van der Waals surface area contributed by atoms with Crippen molar-refractivity contribution >= 4 is 11.9 Å². The summed E-state index contributed by atoms with van der Waals surface area (Å²) in [7, 11) is 1.31. The highest BCUT2D eigenvalue weighted by Gasteiger charge is 2.37. The van der Waals surface area contributed by atoms with E-state index in [9.17, 15) is 19.8 Å². The molecule has 1 aromatic carbocycles. The number of esters is 1. The first-order valence-electron chi connectivity index (χ1n) is 8.54. The lowest BCUT2D eigenvalue weighted by Gasteiger charge is -2.36. The van der Waals surface area contributed by atoms with Gasteiger partial charge in [-0.25, -0.2) is 9.59 Å². The highest BCUT2D eigenvalue weighted by atomic mass is 16.7. The van der Waals surface area contributed by atoms with Gasteiger partial charge in [-0.2, -0.15) is 0 Å². The lowest BCUT2D eigenvalue weighted by atomic mass is 9.80. The number of carbonyl (C=O) groups excluding carboxylic acids is 1. The van der Waals surface area contributed by atoms with Gasteiger partial charge in [0.25, 0.3) is 0 Å². The number of ether oxygens (including phenoxy) is 3. The van der Waals surface area contributed by atoms with Gasteiger partial charge in [0.05, 0.1) is 12.7 Å². The molecule has 0 amide bonds. The van der Waals surface area contributed by atoms with E-state index in [2.05, 4.69) is 0 Å². The predicted molar refractivity (Wildman–Crippen MR) is 92.6 cm³/mol. The average Bonchev–Trinajstić information content (AvgIpc) is 2.66.